The molecule has 0 spiro atoms. The zero-order valence-electron chi connectivity index (χ0n) is 10.8. The molecule has 2 aromatic rings. The van der Waals surface area contributed by atoms with E-state index in [-0.39, 0.29) is 17.5 Å². The van der Waals surface area contributed by atoms with Crippen LogP contribution in [0.3, 0.4) is 0 Å². The molecule has 0 aromatic carbocycles. The average molecular weight is 274 g/mol. The van der Waals surface area contributed by atoms with E-state index in [1.807, 2.05) is 19.1 Å². The highest BCUT2D eigenvalue weighted by Gasteiger charge is 2.18. The second-order valence-corrected chi connectivity index (χ2v) is 4.11. The van der Waals surface area contributed by atoms with E-state index in [0.717, 1.165) is 5.56 Å². The Balaban J connectivity index is 2.29. The van der Waals surface area contributed by atoms with Gasteiger partial charge in [-0.15, -0.1) is 0 Å². The number of hydrogen-bond acceptors (Lipinski definition) is 7. The Bertz CT molecular complexity index is 604. The molecule has 0 aliphatic heterocycles. The van der Waals surface area contributed by atoms with Gasteiger partial charge in [-0.1, -0.05) is 0 Å². The molecule has 0 radical (unpaired) electrons. The van der Waals surface area contributed by atoms with Crippen LogP contribution in [0.1, 0.15) is 18.5 Å². The van der Waals surface area contributed by atoms with E-state index in [1.165, 1.54) is 12.1 Å². The van der Waals surface area contributed by atoms with Crippen LogP contribution in [0.4, 0.5) is 17.3 Å². The molecule has 0 aliphatic carbocycles. The molecule has 2 aromatic heterocycles. The van der Waals surface area contributed by atoms with Crippen molar-refractivity contribution in [1.82, 2.24) is 9.97 Å². The Labute approximate surface area is 115 Å². The standard InChI is InChI=1S/C12H14N6O2/c1-8(9-4-6-14-7-5-9)15-12-10(18(19)20)2-3-11(16-12)17-13/h2-8H,13H2,1H3,(H2,15,16,17). The molecule has 0 amide bonds. The smallest absolute Gasteiger partial charge is 0.311 e. The van der Waals surface area contributed by atoms with Crippen LogP contribution >= 0.6 is 0 Å². The van der Waals surface area contributed by atoms with Gasteiger partial charge in [0, 0.05) is 18.5 Å². The summed E-state index contributed by atoms with van der Waals surface area (Å²) in [7, 11) is 0. The number of nitrogens with zero attached hydrogens (tertiary/aromatic N) is 3. The van der Waals surface area contributed by atoms with Gasteiger partial charge in [0.1, 0.15) is 5.82 Å². The van der Waals surface area contributed by atoms with Crippen molar-refractivity contribution < 1.29 is 4.92 Å². The molecule has 0 fully saturated rings. The molecule has 2 rings (SSSR count). The molecule has 20 heavy (non-hydrogen) atoms. The normalized spacial score (nSPS) is 11.7. The lowest BCUT2D eigenvalue weighted by Gasteiger charge is -2.15. The second kappa shape index (κ2) is 5.93. The highest BCUT2D eigenvalue weighted by Crippen LogP contribution is 2.27. The van der Waals surface area contributed by atoms with Gasteiger partial charge in [-0.3, -0.25) is 15.1 Å². The van der Waals surface area contributed by atoms with E-state index in [2.05, 4.69) is 20.7 Å². The predicted octanol–water partition coefficient (Wildman–Crippen LogP) is 1.84. The largest absolute Gasteiger partial charge is 0.358 e. The molecule has 4 N–H and O–H groups in total. The molecule has 8 heteroatoms. The van der Waals surface area contributed by atoms with Crippen LogP contribution in [-0.4, -0.2) is 14.9 Å². The first kappa shape index (κ1) is 13.7. The molecule has 2 heterocycles. The minimum Gasteiger partial charge on any atom is -0.358 e. The van der Waals surface area contributed by atoms with E-state index in [0.29, 0.717) is 5.82 Å². The van der Waals surface area contributed by atoms with E-state index in [4.69, 9.17) is 5.84 Å². The third-order valence-electron chi connectivity index (χ3n) is 2.78. The van der Waals surface area contributed by atoms with Gasteiger partial charge in [0.15, 0.2) is 0 Å². The van der Waals surface area contributed by atoms with Crippen molar-refractivity contribution in [3.05, 3.63) is 52.3 Å². The lowest BCUT2D eigenvalue weighted by atomic mass is 10.1. The number of pyridine rings is 2. The van der Waals surface area contributed by atoms with E-state index >= 15 is 0 Å². The summed E-state index contributed by atoms with van der Waals surface area (Å²) in [5, 5.41) is 14.0. The van der Waals surface area contributed by atoms with Gasteiger partial charge in [-0.2, -0.15) is 0 Å². The third-order valence-corrected chi connectivity index (χ3v) is 2.78. The zero-order valence-corrected chi connectivity index (χ0v) is 10.8. The second-order valence-electron chi connectivity index (χ2n) is 4.11. The maximum atomic E-state index is 11.0. The minimum atomic E-state index is -0.491. The van der Waals surface area contributed by atoms with Crippen LogP contribution in [-0.2, 0) is 0 Å². The first-order valence-corrected chi connectivity index (χ1v) is 5.90. The van der Waals surface area contributed by atoms with Gasteiger partial charge in [-0.05, 0) is 30.7 Å². The highest BCUT2D eigenvalue weighted by molar-refractivity contribution is 5.60. The van der Waals surface area contributed by atoms with Crippen LogP contribution in [0.25, 0.3) is 0 Å². The number of anilines is 2. The van der Waals surface area contributed by atoms with Gasteiger partial charge < -0.3 is 10.7 Å². The SMILES string of the molecule is CC(Nc1nc(NN)ccc1[N+](=O)[O-])c1ccncc1. The molecule has 8 nitrogen and oxygen atoms in total. The fourth-order valence-electron chi connectivity index (χ4n) is 1.73. The van der Waals surface area contributed by atoms with Crippen LogP contribution in [0.5, 0.6) is 0 Å². The summed E-state index contributed by atoms with van der Waals surface area (Å²) >= 11 is 0. The molecule has 0 aliphatic rings. The lowest BCUT2D eigenvalue weighted by Crippen LogP contribution is -2.13. The summed E-state index contributed by atoms with van der Waals surface area (Å²) in [4.78, 5) is 18.5. The number of nitrogens with one attached hydrogen (secondary N) is 2. The van der Waals surface area contributed by atoms with Crippen molar-refractivity contribution in [1.29, 1.82) is 0 Å². The Morgan fingerprint density at radius 1 is 1.30 bits per heavy atom. The number of nitrogens with two attached hydrogens (primary N) is 1. The van der Waals surface area contributed by atoms with Gasteiger partial charge in [-0.25, -0.2) is 10.8 Å². The number of hydrogen-bond donors (Lipinski definition) is 3. The number of nitrogen functional groups attached to an aromatic ring is 1. The van der Waals surface area contributed by atoms with Crippen LogP contribution < -0.4 is 16.6 Å². The minimum absolute atomic E-state index is 0.107. The van der Waals surface area contributed by atoms with Crippen molar-refractivity contribution in [3.8, 4) is 0 Å². The van der Waals surface area contributed by atoms with E-state index in [9.17, 15) is 10.1 Å². The number of hydrazine groups is 1. The summed E-state index contributed by atoms with van der Waals surface area (Å²) in [5.41, 5.74) is 3.20. The molecular weight excluding hydrogens is 260 g/mol. The van der Waals surface area contributed by atoms with Crippen LogP contribution in [0, 0.1) is 10.1 Å². The molecule has 1 unspecified atom stereocenters. The summed E-state index contributed by atoms with van der Waals surface area (Å²) in [6.45, 7) is 1.88. The fraction of sp³-hybridized carbons (Fsp3) is 0.167. The molecule has 104 valence electrons. The predicted molar refractivity (Wildman–Crippen MR) is 75.0 cm³/mol. The van der Waals surface area contributed by atoms with Gasteiger partial charge in [0.05, 0.1) is 11.0 Å². The van der Waals surface area contributed by atoms with Crippen molar-refractivity contribution in [2.75, 3.05) is 10.7 Å². The number of nitro groups is 1. The first-order valence-electron chi connectivity index (χ1n) is 5.90. The molecule has 0 saturated carbocycles. The van der Waals surface area contributed by atoms with Crippen LogP contribution in [0.2, 0.25) is 0 Å². The Hall–Kier alpha value is -2.74. The molecule has 1 atom stereocenters. The third kappa shape index (κ3) is 2.98. The topological polar surface area (TPSA) is 119 Å². The van der Waals surface area contributed by atoms with E-state index < -0.39 is 4.92 Å². The summed E-state index contributed by atoms with van der Waals surface area (Å²) in [5.74, 6) is 5.78. The maximum Gasteiger partial charge on any atom is 0.311 e. The number of rotatable bonds is 5. The quantitative estimate of drug-likeness (QED) is 0.432. The Morgan fingerprint density at radius 2 is 2.00 bits per heavy atom. The van der Waals surface area contributed by atoms with Gasteiger partial charge in [0.25, 0.3) is 0 Å². The highest BCUT2D eigenvalue weighted by atomic mass is 16.6. The first-order chi connectivity index (χ1) is 9.61. The van der Waals surface area contributed by atoms with Crippen molar-refractivity contribution >= 4 is 17.3 Å². The maximum absolute atomic E-state index is 11.0. The summed E-state index contributed by atoms with van der Waals surface area (Å²) in [6.07, 6.45) is 3.32. The van der Waals surface area contributed by atoms with Crippen molar-refractivity contribution in [2.24, 2.45) is 5.84 Å². The van der Waals surface area contributed by atoms with Gasteiger partial charge in [0.2, 0.25) is 5.82 Å². The van der Waals surface area contributed by atoms with Gasteiger partial charge >= 0.3 is 5.69 Å². The van der Waals surface area contributed by atoms with Crippen LogP contribution in [0.15, 0.2) is 36.7 Å². The Kier molecular flexibility index (Phi) is 4.06. The zero-order chi connectivity index (χ0) is 14.5. The van der Waals surface area contributed by atoms with Crippen molar-refractivity contribution in [3.63, 3.8) is 0 Å². The number of aromatic nitrogens is 2. The monoisotopic (exact) mass is 274 g/mol. The fourth-order valence-corrected chi connectivity index (χ4v) is 1.73. The molecule has 0 bridgehead atoms. The Morgan fingerprint density at radius 3 is 2.60 bits per heavy atom. The summed E-state index contributed by atoms with van der Waals surface area (Å²) in [6, 6.07) is 6.30. The van der Waals surface area contributed by atoms with Crippen molar-refractivity contribution in [2.45, 2.75) is 13.0 Å². The average Bonchev–Trinajstić information content (AvgIpc) is 2.47. The van der Waals surface area contributed by atoms with E-state index in [1.54, 1.807) is 12.4 Å². The lowest BCUT2D eigenvalue weighted by molar-refractivity contribution is -0.384. The molecular formula is C12H14N6O2. The summed E-state index contributed by atoms with van der Waals surface area (Å²) < 4.78 is 0. The molecule has 0 saturated heterocycles.